The standard InChI is InChI=1S/C27H28O6/c1-14-12-21(28)19(6)24(29)22(14)27(31)33-25-17(4)15(2)23(16(3)18(25)5)26(30)32-13-20-10-8-7-9-11-20/h7-12,28-29H,13H2,1-6H3. The van der Waals surface area contributed by atoms with Crippen molar-refractivity contribution in [3.8, 4) is 17.2 Å². The maximum Gasteiger partial charge on any atom is 0.347 e. The van der Waals surface area contributed by atoms with Crippen molar-refractivity contribution in [2.24, 2.45) is 0 Å². The summed E-state index contributed by atoms with van der Waals surface area (Å²) >= 11 is 0. The lowest BCUT2D eigenvalue weighted by Crippen LogP contribution is -2.16. The van der Waals surface area contributed by atoms with Crippen LogP contribution in [-0.2, 0) is 11.3 Å². The second kappa shape index (κ2) is 9.36. The highest BCUT2D eigenvalue weighted by Gasteiger charge is 2.26. The van der Waals surface area contributed by atoms with E-state index in [0.29, 0.717) is 39.1 Å². The molecule has 0 aliphatic rings. The van der Waals surface area contributed by atoms with E-state index in [4.69, 9.17) is 9.47 Å². The van der Waals surface area contributed by atoms with Crippen molar-refractivity contribution < 1.29 is 29.3 Å². The van der Waals surface area contributed by atoms with Gasteiger partial charge in [-0.2, -0.15) is 0 Å². The third kappa shape index (κ3) is 4.55. The highest BCUT2D eigenvalue weighted by molar-refractivity contribution is 5.98. The first-order valence-electron chi connectivity index (χ1n) is 10.6. The van der Waals surface area contributed by atoms with Crippen molar-refractivity contribution in [1.82, 2.24) is 0 Å². The predicted octanol–water partition coefficient (Wildman–Crippen LogP) is 5.52. The molecule has 0 aromatic heterocycles. The van der Waals surface area contributed by atoms with Gasteiger partial charge in [0.05, 0.1) is 5.56 Å². The molecule has 0 saturated heterocycles. The summed E-state index contributed by atoms with van der Waals surface area (Å²) in [4.78, 5) is 25.9. The fourth-order valence-corrected chi connectivity index (χ4v) is 3.82. The summed E-state index contributed by atoms with van der Waals surface area (Å²) in [5, 5.41) is 20.3. The minimum Gasteiger partial charge on any atom is -0.508 e. The van der Waals surface area contributed by atoms with Gasteiger partial charge in [-0.1, -0.05) is 30.3 Å². The second-order valence-electron chi connectivity index (χ2n) is 8.22. The van der Waals surface area contributed by atoms with Crippen LogP contribution in [0.3, 0.4) is 0 Å². The van der Waals surface area contributed by atoms with Crippen LogP contribution in [0.1, 0.15) is 59.7 Å². The Balaban J connectivity index is 1.94. The van der Waals surface area contributed by atoms with E-state index >= 15 is 0 Å². The number of benzene rings is 3. The first-order chi connectivity index (χ1) is 15.5. The summed E-state index contributed by atoms with van der Waals surface area (Å²) in [5.74, 6) is -1.27. The number of esters is 2. The van der Waals surface area contributed by atoms with Gasteiger partial charge in [0.2, 0.25) is 0 Å². The Morgan fingerprint density at radius 3 is 1.91 bits per heavy atom. The molecule has 0 unspecified atom stereocenters. The molecule has 2 N–H and O–H groups in total. The average molecular weight is 449 g/mol. The van der Waals surface area contributed by atoms with Crippen LogP contribution in [0.25, 0.3) is 0 Å². The molecule has 0 heterocycles. The Morgan fingerprint density at radius 2 is 1.33 bits per heavy atom. The fraction of sp³-hybridized carbons (Fsp3) is 0.259. The molecular formula is C27H28O6. The Labute approximate surface area is 193 Å². The van der Waals surface area contributed by atoms with Crippen molar-refractivity contribution in [2.45, 2.75) is 48.1 Å². The van der Waals surface area contributed by atoms with Crippen LogP contribution in [0, 0.1) is 41.5 Å². The van der Waals surface area contributed by atoms with Crippen LogP contribution in [0.5, 0.6) is 17.2 Å². The van der Waals surface area contributed by atoms with Gasteiger partial charge in [-0.15, -0.1) is 0 Å². The summed E-state index contributed by atoms with van der Waals surface area (Å²) < 4.78 is 11.2. The molecule has 3 aromatic rings. The SMILES string of the molecule is Cc1cc(O)c(C)c(O)c1C(=O)Oc1c(C)c(C)c(C(=O)OCc2ccccc2)c(C)c1C. The van der Waals surface area contributed by atoms with E-state index in [9.17, 15) is 19.8 Å². The van der Waals surface area contributed by atoms with Crippen molar-refractivity contribution in [3.05, 3.63) is 86.5 Å². The van der Waals surface area contributed by atoms with E-state index in [0.717, 1.165) is 5.56 Å². The highest BCUT2D eigenvalue weighted by Crippen LogP contribution is 2.36. The van der Waals surface area contributed by atoms with Crippen molar-refractivity contribution in [2.75, 3.05) is 0 Å². The average Bonchev–Trinajstić information content (AvgIpc) is 2.78. The summed E-state index contributed by atoms with van der Waals surface area (Å²) in [5.41, 5.74) is 4.49. The lowest BCUT2D eigenvalue weighted by molar-refractivity contribution is 0.0470. The quantitative estimate of drug-likeness (QED) is 0.394. The van der Waals surface area contributed by atoms with E-state index in [-0.39, 0.29) is 29.2 Å². The fourth-order valence-electron chi connectivity index (χ4n) is 3.82. The molecule has 0 fully saturated rings. The van der Waals surface area contributed by atoms with Crippen molar-refractivity contribution >= 4 is 11.9 Å². The number of ether oxygens (including phenoxy) is 2. The van der Waals surface area contributed by atoms with Crippen LogP contribution in [-0.4, -0.2) is 22.2 Å². The molecule has 172 valence electrons. The summed E-state index contributed by atoms with van der Waals surface area (Å²) in [6.45, 7) is 10.4. The maximum absolute atomic E-state index is 13.0. The molecule has 0 bridgehead atoms. The number of hydrogen-bond acceptors (Lipinski definition) is 6. The molecule has 0 amide bonds. The first-order valence-corrected chi connectivity index (χ1v) is 10.6. The van der Waals surface area contributed by atoms with Crippen LogP contribution in [0.2, 0.25) is 0 Å². The molecule has 0 atom stereocenters. The number of carbonyl (C=O) groups excluding carboxylic acids is 2. The highest BCUT2D eigenvalue weighted by atomic mass is 16.5. The molecule has 6 heteroatoms. The van der Waals surface area contributed by atoms with Crippen LogP contribution in [0.15, 0.2) is 36.4 Å². The second-order valence-corrected chi connectivity index (χ2v) is 8.22. The monoisotopic (exact) mass is 448 g/mol. The van der Waals surface area contributed by atoms with E-state index in [1.54, 1.807) is 34.6 Å². The Kier molecular flexibility index (Phi) is 6.77. The summed E-state index contributed by atoms with van der Waals surface area (Å²) in [6, 6.07) is 10.8. The van der Waals surface area contributed by atoms with Crippen LogP contribution in [0.4, 0.5) is 0 Å². The molecule has 0 aliphatic carbocycles. The maximum atomic E-state index is 13.0. The van der Waals surface area contributed by atoms with Gasteiger partial charge in [0.1, 0.15) is 29.4 Å². The molecule has 0 aliphatic heterocycles. The van der Waals surface area contributed by atoms with Gasteiger partial charge >= 0.3 is 11.9 Å². The van der Waals surface area contributed by atoms with Gasteiger partial charge in [-0.3, -0.25) is 0 Å². The Hall–Kier alpha value is -3.80. The number of carbonyl (C=O) groups is 2. The van der Waals surface area contributed by atoms with Gasteiger partial charge in [0, 0.05) is 5.56 Å². The molecular weight excluding hydrogens is 420 g/mol. The van der Waals surface area contributed by atoms with Crippen LogP contribution >= 0.6 is 0 Å². The van der Waals surface area contributed by atoms with Crippen molar-refractivity contribution in [3.63, 3.8) is 0 Å². The van der Waals surface area contributed by atoms with Gasteiger partial charge in [0.25, 0.3) is 0 Å². The lowest BCUT2D eigenvalue weighted by atomic mass is 9.93. The molecule has 6 nitrogen and oxygen atoms in total. The number of hydrogen-bond donors (Lipinski definition) is 2. The minimum absolute atomic E-state index is 0.00856. The smallest absolute Gasteiger partial charge is 0.347 e. The molecule has 3 aromatic carbocycles. The van der Waals surface area contributed by atoms with Crippen molar-refractivity contribution in [1.29, 1.82) is 0 Å². The van der Waals surface area contributed by atoms with Crippen LogP contribution < -0.4 is 4.74 Å². The molecule has 0 spiro atoms. The van der Waals surface area contributed by atoms with Gasteiger partial charge in [0.15, 0.2) is 0 Å². The zero-order chi connectivity index (χ0) is 24.4. The minimum atomic E-state index is -0.738. The first kappa shape index (κ1) is 23.9. The number of phenolic OH excluding ortho intramolecular Hbond substituents is 2. The lowest BCUT2D eigenvalue weighted by Gasteiger charge is -2.20. The molecule has 3 rings (SSSR count). The van der Waals surface area contributed by atoms with E-state index in [2.05, 4.69) is 0 Å². The summed E-state index contributed by atoms with van der Waals surface area (Å²) in [7, 11) is 0. The van der Waals surface area contributed by atoms with Gasteiger partial charge < -0.3 is 19.7 Å². The van der Waals surface area contributed by atoms with E-state index < -0.39 is 11.9 Å². The Bertz CT molecular complexity index is 1210. The third-order valence-corrected chi connectivity index (χ3v) is 6.10. The molecule has 0 radical (unpaired) electrons. The molecule has 33 heavy (non-hydrogen) atoms. The van der Waals surface area contributed by atoms with E-state index in [1.165, 1.54) is 13.0 Å². The largest absolute Gasteiger partial charge is 0.508 e. The number of aromatic hydroxyl groups is 2. The van der Waals surface area contributed by atoms with Gasteiger partial charge in [-0.05, 0) is 81.0 Å². The third-order valence-electron chi connectivity index (χ3n) is 6.10. The number of phenols is 2. The Morgan fingerprint density at radius 1 is 0.758 bits per heavy atom. The topological polar surface area (TPSA) is 93.1 Å². The predicted molar refractivity (Wildman–Crippen MR) is 125 cm³/mol. The van der Waals surface area contributed by atoms with Gasteiger partial charge in [-0.25, -0.2) is 9.59 Å². The number of rotatable bonds is 5. The number of aryl methyl sites for hydroxylation is 1. The zero-order valence-corrected chi connectivity index (χ0v) is 19.7. The summed E-state index contributed by atoms with van der Waals surface area (Å²) in [6.07, 6.45) is 0. The van der Waals surface area contributed by atoms with E-state index in [1.807, 2.05) is 30.3 Å². The molecule has 0 saturated carbocycles. The normalized spacial score (nSPS) is 10.7. The zero-order valence-electron chi connectivity index (χ0n) is 19.7.